The van der Waals surface area contributed by atoms with Crippen LogP contribution in [0.25, 0.3) is 10.8 Å². The normalized spacial score (nSPS) is 22.2. The Balaban J connectivity index is 1.56. The van der Waals surface area contributed by atoms with Gasteiger partial charge in [-0.05, 0) is 61.3 Å². The summed E-state index contributed by atoms with van der Waals surface area (Å²) in [4.78, 5) is 16.3. The van der Waals surface area contributed by atoms with Crippen molar-refractivity contribution in [2.75, 3.05) is 31.1 Å². The number of phenolic OH excluding ortho intramolecular Hbond substituents is 1. The van der Waals surface area contributed by atoms with Crippen LogP contribution in [-0.2, 0) is 0 Å². The largest absolute Gasteiger partial charge is 0.507 e. The maximum Gasteiger partial charge on any atom is 0.154 e. The van der Waals surface area contributed by atoms with Crippen molar-refractivity contribution >= 4 is 22.7 Å². The summed E-state index contributed by atoms with van der Waals surface area (Å²) in [5.74, 6) is 0.0524. The average Bonchev–Trinajstić information content (AvgIpc) is 3.12. The van der Waals surface area contributed by atoms with Crippen LogP contribution in [0.2, 0.25) is 0 Å². The van der Waals surface area contributed by atoms with Crippen molar-refractivity contribution in [3.8, 4) is 5.75 Å². The second-order valence-corrected chi connectivity index (χ2v) is 7.01. The van der Waals surface area contributed by atoms with E-state index in [9.17, 15) is 9.90 Å². The Labute approximate surface area is 142 Å². The molecule has 0 aromatic heterocycles. The van der Waals surface area contributed by atoms with Gasteiger partial charge >= 0.3 is 0 Å². The van der Waals surface area contributed by atoms with Crippen LogP contribution < -0.4 is 4.90 Å². The molecule has 0 amide bonds. The Hall–Kier alpha value is -2.07. The van der Waals surface area contributed by atoms with Crippen molar-refractivity contribution in [3.63, 3.8) is 0 Å². The zero-order valence-electron chi connectivity index (χ0n) is 13.9. The van der Waals surface area contributed by atoms with Gasteiger partial charge < -0.3 is 10.0 Å². The summed E-state index contributed by atoms with van der Waals surface area (Å²) in [5, 5.41) is 11.6. The van der Waals surface area contributed by atoms with Crippen molar-refractivity contribution in [2.45, 2.75) is 31.7 Å². The van der Waals surface area contributed by atoms with Crippen LogP contribution in [0.5, 0.6) is 5.75 Å². The lowest BCUT2D eigenvalue weighted by molar-refractivity contribution is 0.112. The van der Waals surface area contributed by atoms with E-state index in [0.29, 0.717) is 11.6 Å². The molecule has 1 N–H and O–H groups in total. The van der Waals surface area contributed by atoms with Crippen LogP contribution in [0.1, 0.15) is 36.0 Å². The number of phenols is 1. The van der Waals surface area contributed by atoms with Crippen LogP contribution in [0.15, 0.2) is 30.3 Å². The molecule has 4 rings (SSSR count). The standard InChI is InChI=1S/C20H24N2O2/c23-14-19-18-6-5-16(12-15(18)4-7-20(19)24)22-11-8-17(13-22)21-9-2-1-3-10-21/h4-7,12,14,17,24H,1-3,8-11,13H2. The first-order valence-corrected chi connectivity index (χ1v) is 8.96. The average molecular weight is 324 g/mol. The molecular formula is C20H24N2O2. The number of aldehydes is 1. The molecule has 2 aliphatic rings. The Bertz CT molecular complexity index is 753. The summed E-state index contributed by atoms with van der Waals surface area (Å²) in [6, 6.07) is 10.3. The number of rotatable bonds is 3. The summed E-state index contributed by atoms with van der Waals surface area (Å²) in [7, 11) is 0. The van der Waals surface area contributed by atoms with Gasteiger partial charge in [0.2, 0.25) is 0 Å². The molecule has 0 bridgehead atoms. The highest BCUT2D eigenvalue weighted by Crippen LogP contribution is 2.31. The highest BCUT2D eigenvalue weighted by atomic mass is 16.3. The zero-order valence-corrected chi connectivity index (χ0v) is 13.9. The van der Waals surface area contributed by atoms with Gasteiger partial charge in [0.05, 0.1) is 5.56 Å². The summed E-state index contributed by atoms with van der Waals surface area (Å²) >= 11 is 0. The fourth-order valence-electron chi connectivity index (χ4n) is 4.21. The maximum absolute atomic E-state index is 11.2. The van der Waals surface area contributed by atoms with E-state index in [-0.39, 0.29) is 5.75 Å². The number of fused-ring (bicyclic) bond motifs is 1. The number of aromatic hydroxyl groups is 1. The summed E-state index contributed by atoms with van der Waals surface area (Å²) in [6.45, 7) is 4.67. The van der Waals surface area contributed by atoms with Gasteiger partial charge in [-0.2, -0.15) is 0 Å². The monoisotopic (exact) mass is 324 g/mol. The van der Waals surface area contributed by atoms with Crippen molar-refractivity contribution < 1.29 is 9.90 Å². The molecule has 126 valence electrons. The molecule has 2 heterocycles. The number of nitrogens with zero attached hydrogens (tertiary/aromatic N) is 2. The molecule has 2 saturated heterocycles. The van der Waals surface area contributed by atoms with Gasteiger partial charge in [-0.25, -0.2) is 0 Å². The minimum atomic E-state index is 0.0524. The molecule has 2 fully saturated rings. The second kappa shape index (κ2) is 6.44. The van der Waals surface area contributed by atoms with Crippen molar-refractivity contribution in [1.82, 2.24) is 4.90 Å². The molecule has 0 saturated carbocycles. The lowest BCUT2D eigenvalue weighted by Gasteiger charge is -2.32. The lowest BCUT2D eigenvalue weighted by atomic mass is 10.0. The molecule has 0 spiro atoms. The Morgan fingerprint density at radius 2 is 1.88 bits per heavy atom. The number of likely N-dealkylation sites (tertiary alicyclic amines) is 1. The fourth-order valence-corrected chi connectivity index (χ4v) is 4.21. The van der Waals surface area contributed by atoms with Crippen LogP contribution >= 0.6 is 0 Å². The van der Waals surface area contributed by atoms with Gasteiger partial charge in [0.25, 0.3) is 0 Å². The fraction of sp³-hybridized carbons (Fsp3) is 0.450. The first-order chi connectivity index (χ1) is 11.8. The maximum atomic E-state index is 11.2. The van der Waals surface area contributed by atoms with E-state index >= 15 is 0 Å². The minimum Gasteiger partial charge on any atom is -0.507 e. The van der Waals surface area contributed by atoms with E-state index in [4.69, 9.17) is 0 Å². The highest BCUT2D eigenvalue weighted by Gasteiger charge is 2.28. The Morgan fingerprint density at radius 3 is 2.67 bits per heavy atom. The summed E-state index contributed by atoms with van der Waals surface area (Å²) in [6.07, 6.45) is 6.02. The van der Waals surface area contributed by atoms with Gasteiger partial charge in [-0.15, -0.1) is 0 Å². The molecule has 0 aliphatic carbocycles. The zero-order chi connectivity index (χ0) is 16.5. The first kappa shape index (κ1) is 15.5. The first-order valence-electron chi connectivity index (χ1n) is 8.96. The molecule has 1 unspecified atom stereocenters. The van der Waals surface area contributed by atoms with E-state index < -0.39 is 0 Å². The van der Waals surface area contributed by atoms with Gasteiger partial charge in [0, 0.05) is 24.8 Å². The molecule has 4 nitrogen and oxygen atoms in total. The van der Waals surface area contributed by atoms with Crippen molar-refractivity contribution in [1.29, 1.82) is 0 Å². The third-order valence-electron chi connectivity index (χ3n) is 5.58. The molecule has 2 aliphatic heterocycles. The minimum absolute atomic E-state index is 0.0524. The Morgan fingerprint density at radius 1 is 1.04 bits per heavy atom. The van der Waals surface area contributed by atoms with Crippen LogP contribution in [0.4, 0.5) is 5.69 Å². The number of hydrogen-bond acceptors (Lipinski definition) is 4. The van der Waals surface area contributed by atoms with Gasteiger partial charge in [0.1, 0.15) is 5.75 Å². The van der Waals surface area contributed by atoms with E-state index in [2.05, 4.69) is 21.9 Å². The topological polar surface area (TPSA) is 43.8 Å². The van der Waals surface area contributed by atoms with E-state index in [1.807, 2.05) is 12.1 Å². The van der Waals surface area contributed by atoms with Gasteiger partial charge in [-0.3, -0.25) is 9.69 Å². The highest BCUT2D eigenvalue weighted by molar-refractivity contribution is 6.01. The number of carbonyl (C=O) groups is 1. The van der Waals surface area contributed by atoms with E-state index in [0.717, 1.165) is 30.1 Å². The number of piperidine rings is 1. The van der Waals surface area contributed by atoms with Crippen molar-refractivity contribution in [2.24, 2.45) is 0 Å². The molecule has 0 radical (unpaired) electrons. The second-order valence-electron chi connectivity index (χ2n) is 7.01. The molecule has 2 aromatic carbocycles. The van der Waals surface area contributed by atoms with Gasteiger partial charge in [-0.1, -0.05) is 18.6 Å². The molecule has 1 atom stereocenters. The lowest BCUT2D eigenvalue weighted by Crippen LogP contribution is -2.40. The molecule has 4 heteroatoms. The smallest absolute Gasteiger partial charge is 0.154 e. The number of benzene rings is 2. The number of hydrogen-bond donors (Lipinski definition) is 1. The van der Waals surface area contributed by atoms with E-state index in [1.165, 1.54) is 44.5 Å². The molecule has 24 heavy (non-hydrogen) atoms. The van der Waals surface area contributed by atoms with Crippen molar-refractivity contribution in [3.05, 3.63) is 35.9 Å². The summed E-state index contributed by atoms with van der Waals surface area (Å²) in [5.41, 5.74) is 1.59. The predicted octanol–water partition coefficient (Wildman–Crippen LogP) is 3.42. The number of anilines is 1. The van der Waals surface area contributed by atoms with Crippen LogP contribution in [0.3, 0.4) is 0 Å². The van der Waals surface area contributed by atoms with E-state index in [1.54, 1.807) is 6.07 Å². The Kier molecular flexibility index (Phi) is 4.15. The quantitative estimate of drug-likeness (QED) is 0.879. The van der Waals surface area contributed by atoms with Crippen LogP contribution in [0, 0.1) is 0 Å². The third-order valence-corrected chi connectivity index (χ3v) is 5.58. The predicted molar refractivity (Wildman–Crippen MR) is 97.0 cm³/mol. The SMILES string of the molecule is O=Cc1c(O)ccc2cc(N3CCC(N4CCCCC4)C3)ccc12. The van der Waals surface area contributed by atoms with Crippen LogP contribution in [-0.4, -0.2) is 48.5 Å². The summed E-state index contributed by atoms with van der Waals surface area (Å²) < 4.78 is 0. The number of carbonyl (C=O) groups excluding carboxylic acids is 1. The molecular weight excluding hydrogens is 300 g/mol. The molecule has 2 aromatic rings. The van der Waals surface area contributed by atoms with Gasteiger partial charge in [0.15, 0.2) is 6.29 Å². The third kappa shape index (κ3) is 2.75.